The van der Waals surface area contributed by atoms with E-state index in [2.05, 4.69) is 0 Å². The van der Waals surface area contributed by atoms with Crippen LogP contribution >= 0.6 is 8.25 Å². The highest BCUT2D eigenvalue weighted by Crippen LogP contribution is 2.33. The third-order valence-electron chi connectivity index (χ3n) is 3.80. The molecule has 0 saturated heterocycles. The molecule has 0 aliphatic carbocycles. The molecular weight excluding hydrogens is 319 g/mol. The van der Waals surface area contributed by atoms with Crippen molar-refractivity contribution in [1.82, 2.24) is 0 Å². The molecule has 0 aliphatic rings. The highest BCUT2D eigenvalue weighted by molar-refractivity contribution is 7.34. The van der Waals surface area contributed by atoms with Gasteiger partial charge in [-0.3, -0.25) is 0 Å². The molecule has 0 heterocycles. The van der Waals surface area contributed by atoms with Gasteiger partial charge in [-0.15, -0.1) is 0 Å². The Morgan fingerprint density at radius 3 is 1.42 bits per heavy atom. The number of fused-ring (bicyclic) bond motifs is 2. The number of rotatable bonds is 4. The van der Waals surface area contributed by atoms with Gasteiger partial charge < -0.3 is 0 Å². The lowest BCUT2D eigenvalue weighted by Crippen LogP contribution is -1.89. The Labute approximate surface area is 140 Å². The normalized spacial score (nSPS) is 10.7. The van der Waals surface area contributed by atoms with Crippen molar-refractivity contribution in [3.8, 4) is 11.5 Å². The summed E-state index contributed by atoms with van der Waals surface area (Å²) >= 11 is 0. The molecule has 0 N–H and O–H groups in total. The van der Waals surface area contributed by atoms with Crippen molar-refractivity contribution in [2.75, 3.05) is 0 Å². The first-order chi connectivity index (χ1) is 11.8. The second-order valence-electron chi connectivity index (χ2n) is 5.42. The lowest BCUT2D eigenvalue weighted by Gasteiger charge is -1.99. The lowest BCUT2D eigenvalue weighted by atomic mass is 10.1. The van der Waals surface area contributed by atoms with E-state index in [0.717, 1.165) is 21.5 Å². The molecule has 4 rings (SSSR count). The predicted molar refractivity (Wildman–Crippen MR) is 96.8 cm³/mol. The van der Waals surface area contributed by atoms with Gasteiger partial charge in [-0.05, 0) is 45.8 Å². The third-order valence-corrected chi connectivity index (χ3v) is 4.52. The van der Waals surface area contributed by atoms with Crippen LogP contribution in [0.4, 0.5) is 0 Å². The molecule has 0 fully saturated rings. The Hall–Kier alpha value is -2.90. The molecule has 116 valence electrons. The number of hydrogen-bond acceptors (Lipinski definition) is 3. The Balaban J connectivity index is 1.52. The van der Waals surface area contributed by atoms with Crippen LogP contribution in [0.1, 0.15) is 0 Å². The van der Waals surface area contributed by atoms with E-state index in [1.165, 1.54) is 0 Å². The van der Waals surface area contributed by atoms with E-state index in [4.69, 9.17) is 9.05 Å². The van der Waals surface area contributed by atoms with Crippen LogP contribution in [0.5, 0.6) is 11.5 Å². The molecule has 4 aromatic rings. The number of benzene rings is 4. The van der Waals surface area contributed by atoms with Crippen molar-refractivity contribution in [2.45, 2.75) is 0 Å². The third kappa shape index (κ3) is 3.08. The highest BCUT2D eigenvalue weighted by atomic mass is 31.1. The van der Waals surface area contributed by atoms with E-state index < -0.39 is 8.25 Å². The maximum atomic E-state index is 12.2. The minimum absolute atomic E-state index is 0.524. The standard InChI is InChI=1S/C20H14O3P/c21-24(22-19-11-9-15-5-1-3-7-17(15)13-19)23-20-12-10-16-6-2-4-8-18(16)14-20/h1-14H/q+1. The van der Waals surface area contributed by atoms with E-state index in [1.807, 2.05) is 72.8 Å². The zero-order valence-corrected chi connectivity index (χ0v) is 13.6. The fourth-order valence-electron chi connectivity index (χ4n) is 2.64. The van der Waals surface area contributed by atoms with Crippen LogP contribution in [0.2, 0.25) is 0 Å². The van der Waals surface area contributed by atoms with E-state index >= 15 is 0 Å². The summed E-state index contributed by atoms with van der Waals surface area (Å²) < 4.78 is 23.0. The number of hydrogen-bond donors (Lipinski definition) is 0. The molecule has 0 spiro atoms. The second-order valence-corrected chi connectivity index (χ2v) is 6.24. The first kappa shape index (κ1) is 14.7. The molecule has 0 atom stereocenters. The van der Waals surface area contributed by atoms with Gasteiger partial charge in [0.15, 0.2) is 11.5 Å². The second kappa shape index (κ2) is 6.31. The average molecular weight is 333 g/mol. The Bertz CT molecular complexity index is 960. The monoisotopic (exact) mass is 333 g/mol. The zero-order chi connectivity index (χ0) is 16.4. The van der Waals surface area contributed by atoms with Gasteiger partial charge in [0.2, 0.25) is 0 Å². The highest BCUT2D eigenvalue weighted by Gasteiger charge is 2.24. The fourth-order valence-corrected chi connectivity index (χ4v) is 3.25. The van der Waals surface area contributed by atoms with Gasteiger partial charge in [-0.2, -0.15) is 0 Å². The molecule has 0 radical (unpaired) electrons. The Morgan fingerprint density at radius 1 is 0.542 bits per heavy atom. The average Bonchev–Trinajstić information content (AvgIpc) is 2.61. The van der Waals surface area contributed by atoms with Crippen LogP contribution in [-0.2, 0) is 4.57 Å². The van der Waals surface area contributed by atoms with Gasteiger partial charge in [0, 0.05) is 4.57 Å². The molecule has 4 aromatic carbocycles. The molecule has 4 heteroatoms. The summed E-state index contributed by atoms with van der Waals surface area (Å²) in [4.78, 5) is 0. The van der Waals surface area contributed by atoms with Gasteiger partial charge in [0.25, 0.3) is 0 Å². The lowest BCUT2D eigenvalue weighted by molar-refractivity contribution is 0.416. The van der Waals surface area contributed by atoms with Gasteiger partial charge in [-0.1, -0.05) is 60.7 Å². The van der Waals surface area contributed by atoms with Crippen LogP contribution in [0, 0.1) is 0 Å². The van der Waals surface area contributed by atoms with Crippen LogP contribution in [-0.4, -0.2) is 0 Å². The summed E-state index contributed by atoms with van der Waals surface area (Å²) in [6.07, 6.45) is 0. The van der Waals surface area contributed by atoms with Gasteiger partial charge in [0.05, 0.1) is 0 Å². The maximum Gasteiger partial charge on any atom is 0.805 e. The largest absolute Gasteiger partial charge is 0.805 e. The summed E-state index contributed by atoms with van der Waals surface area (Å²) in [6.45, 7) is 0. The van der Waals surface area contributed by atoms with Crippen molar-refractivity contribution in [3.05, 3.63) is 84.9 Å². The molecule has 24 heavy (non-hydrogen) atoms. The van der Waals surface area contributed by atoms with E-state index in [-0.39, 0.29) is 0 Å². The summed E-state index contributed by atoms with van der Waals surface area (Å²) in [5.74, 6) is 1.05. The molecule has 0 saturated carbocycles. The van der Waals surface area contributed by atoms with Crippen LogP contribution < -0.4 is 9.05 Å². The van der Waals surface area contributed by atoms with Crippen molar-refractivity contribution >= 4 is 29.8 Å². The summed E-state index contributed by atoms with van der Waals surface area (Å²) in [6, 6.07) is 27.0. The summed E-state index contributed by atoms with van der Waals surface area (Å²) in [5.41, 5.74) is 0. The van der Waals surface area contributed by atoms with E-state index in [0.29, 0.717) is 11.5 Å². The molecule has 0 aromatic heterocycles. The Morgan fingerprint density at radius 2 is 0.958 bits per heavy atom. The van der Waals surface area contributed by atoms with Crippen molar-refractivity contribution in [3.63, 3.8) is 0 Å². The SMILES string of the molecule is O=[P+](Oc1ccc2ccccc2c1)Oc1ccc2ccccc2c1. The van der Waals surface area contributed by atoms with E-state index in [9.17, 15) is 4.57 Å². The first-order valence-corrected chi connectivity index (χ1v) is 8.68. The van der Waals surface area contributed by atoms with Gasteiger partial charge in [-0.25, -0.2) is 9.05 Å². The molecule has 3 nitrogen and oxygen atoms in total. The maximum absolute atomic E-state index is 12.2. The molecular formula is C20H14O3P+. The van der Waals surface area contributed by atoms with Crippen LogP contribution in [0.15, 0.2) is 84.9 Å². The predicted octanol–water partition coefficient (Wildman–Crippen LogP) is 6.11. The van der Waals surface area contributed by atoms with Gasteiger partial charge in [0.1, 0.15) is 0 Å². The molecule has 0 unspecified atom stereocenters. The summed E-state index contributed by atoms with van der Waals surface area (Å²) in [5, 5.41) is 4.28. The van der Waals surface area contributed by atoms with Crippen LogP contribution in [0.25, 0.3) is 21.5 Å². The topological polar surface area (TPSA) is 35.5 Å². The minimum Gasteiger partial charge on any atom is -0.222 e. The fraction of sp³-hybridized carbons (Fsp3) is 0. The molecule has 0 aliphatic heterocycles. The Kier molecular flexibility index (Phi) is 3.86. The summed E-state index contributed by atoms with van der Waals surface area (Å²) in [7, 11) is -2.29. The smallest absolute Gasteiger partial charge is 0.222 e. The minimum atomic E-state index is -2.29. The first-order valence-electron chi connectivity index (χ1n) is 7.59. The van der Waals surface area contributed by atoms with Crippen molar-refractivity contribution < 1.29 is 13.6 Å². The van der Waals surface area contributed by atoms with Crippen molar-refractivity contribution in [1.29, 1.82) is 0 Å². The van der Waals surface area contributed by atoms with Gasteiger partial charge >= 0.3 is 8.25 Å². The van der Waals surface area contributed by atoms with Crippen LogP contribution in [0.3, 0.4) is 0 Å². The molecule has 0 bridgehead atoms. The molecule has 0 amide bonds. The van der Waals surface area contributed by atoms with Crippen molar-refractivity contribution in [2.24, 2.45) is 0 Å². The zero-order valence-electron chi connectivity index (χ0n) is 12.8. The quantitative estimate of drug-likeness (QED) is 0.423. The van der Waals surface area contributed by atoms with E-state index in [1.54, 1.807) is 12.1 Å².